The van der Waals surface area contributed by atoms with E-state index in [1.807, 2.05) is 24.3 Å². The number of nitrogens with zero attached hydrogens (tertiary/aromatic N) is 2. The summed E-state index contributed by atoms with van der Waals surface area (Å²) in [6.45, 7) is 1.28. The van der Waals surface area contributed by atoms with Crippen molar-refractivity contribution < 1.29 is 27.5 Å². The number of halogens is 1. The van der Waals surface area contributed by atoms with Crippen molar-refractivity contribution >= 4 is 43.5 Å². The van der Waals surface area contributed by atoms with Crippen molar-refractivity contribution in [3.8, 4) is 11.5 Å². The number of nitrogens with one attached hydrogen (secondary N) is 1. The number of carbonyl (C=O) groups excluding carboxylic acids is 2. The van der Waals surface area contributed by atoms with Crippen LogP contribution in [0.15, 0.2) is 46.9 Å². The first kappa shape index (κ1) is 28.8. The van der Waals surface area contributed by atoms with E-state index in [2.05, 4.69) is 21.2 Å². The van der Waals surface area contributed by atoms with Gasteiger partial charge in [0.2, 0.25) is 21.8 Å². The fraction of sp³-hybridized carbons (Fsp3) is 0.462. The summed E-state index contributed by atoms with van der Waals surface area (Å²) in [4.78, 5) is 28.3. The van der Waals surface area contributed by atoms with Crippen LogP contribution in [0.5, 0.6) is 11.5 Å². The van der Waals surface area contributed by atoms with E-state index in [9.17, 15) is 18.0 Å². The molecule has 1 aliphatic carbocycles. The van der Waals surface area contributed by atoms with E-state index in [0.29, 0.717) is 5.75 Å². The Labute approximate surface area is 227 Å². The van der Waals surface area contributed by atoms with E-state index in [0.717, 1.165) is 46.3 Å². The first-order valence-electron chi connectivity index (χ1n) is 12.1. The topological polar surface area (TPSA) is 105 Å². The van der Waals surface area contributed by atoms with Gasteiger partial charge in [0.15, 0.2) is 0 Å². The third kappa shape index (κ3) is 7.61. The van der Waals surface area contributed by atoms with Gasteiger partial charge >= 0.3 is 0 Å². The number of rotatable bonds is 11. The predicted octanol–water partition coefficient (Wildman–Crippen LogP) is 3.71. The molecule has 1 N–H and O–H groups in total. The van der Waals surface area contributed by atoms with Crippen LogP contribution in [0, 0.1) is 0 Å². The minimum Gasteiger partial charge on any atom is -0.497 e. The van der Waals surface area contributed by atoms with Crippen molar-refractivity contribution in [2.75, 3.05) is 31.3 Å². The van der Waals surface area contributed by atoms with Crippen LogP contribution < -0.4 is 19.1 Å². The summed E-state index contributed by atoms with van der Waals surface area (Å²) in [5, 5.41) is 3.05. The van der Waals surface area contributed by atoms with Crippen LogP contribution in [0.3, 0.4) is 0 Å². The maximum Gasteiger partial charge on any atom is 0.244 e. The van der Waals surface area contributed by atoms with Crippen molar-refractivity contribution in [1.82, 2.24) is 10.2 Å². The van der Waals surface area contributed by atoms with Crippen LogP contribution in [0.1, 0.15) is 38.2 Å². The second kappa shape index (κ2) is 12.6. The molecule has 0 bridgehead atoms. The van der Waals surface area contributed by atoms with Crippen LogP contribution in [-0.2, 0) is 26.2 Å². The molecule has 9 nitrogen and oxygen atoms in total. The Hall–Kier alpha value is -2.79. The summed E-state index contributed by atoms with van der Waals surface area (Å²) >= 11 is 3.44. The van der Waals surface area contributed by atoms with Crippen molar-refractivity contribution in [1.29, 1.82) is 0 Å². The Bertz CT molecular complexity index is 1220. The Morgan fingerprint density at radius 1 is 1.11 bits per heavy atom. The zero-order valence-electron chi connectivity index (χ0n) is 21.6. The summed E-state index contributed by atoms with van der Waals surface area (Å²) in [5.74, 6) is -0.110. The molecule has 0 aromatic heterocycles. The zero-order chi connectivity index (χ0) is 27.2. The van der Waals surface area contributed by atoms with Crippen LogP contribution in [0.4, 0.5) is 5.69 Å². The van der Waals surface area contributed by atoms with Crippen molar-refractivity contribution in [3.05, 3.63) is 52.5 Å². The maximum absolute atomic E-state index is 13.8. The largest absolute Gasteiger partial charge is 0.497 e. The van der Waals surface area contributed by atoms with E-state index >= 15 is 0 Å². The number of methoxy groups -OCH3 is 2. The lowest BCUT2D eigenvalue weighted by Gasteiger charge is -2.32. The molecule has 0 aliphatic heterocycles. The van der Waals surface area contributed by atoms with Crippen molar-refractivity contribution in [3.63, 3.8) is 0 Å². The van der Waals surface area contributed by atoms with E-state index < -0.39 is 28.5 Å². The lowest BCUT2D eigenvalue weighted by Crippen LogP contribution is -2.52. The second-order valence-corrected chi connectivity index (χ2v) is 11.9. The Morgan fingerprint density at radius 2 is 1.81 bits per heavy atom. The molecule has 2 aromatic carbocycles. The minimum atomic E-state index is -3.91. The Kier molecular flexibility index (Phi) is 9.83. The maximum atomic E-state index is 13.8. The van der Waals surface area contributed by atoms with Gasteiger partial charge < -0.3 is 19.7 Å². The molecule has 2 amide bonds. The lowest BCUT2D eigenvalue weighted by atomic mass is 10.1. The number of sulfonamides is 1. The molecule has 202 valence electrons. The number of benzene rings is 2. The van der Waals surface area contributed by atoms with Gasteiger partial charge in [-0.05, 0) is 49.6 Å². The molecule has 0 radical (unpaired) electrons. The highest BCUT2D eigenvalue weighted by atomic mass is 79.9. The van der Waals surface area contributed by atoms with Crippen LogP contribution >= 0.6 is 15.9 Å². The molecule has 0 saturated heterocycles. The van der Waals surface area contributed by atoms with Gasteiger partial charge in [-0.25, -0.2) is 8.42 Å². The molecule has 1 aliphatic rings. The monoisotopic (exact) mass is 595 g/mol. The van der Waals surface area contributed by atoms with Crippen LogP contribution in [0.2, 0.25) is 0 Å². The quantitative estimate of drug-likeness (QED) is 0.424. The van der Waals surface area contributed by atoms with Crippen LogP contribution in [-0.4, -0.2) is 64.2 Å². The minimum absolute atomic E-state index is 0.0892. The number of ether oxygens (including phenoxy) is 2. The number of hydrogen-bond acceptors (Lipinski definition) is 6. The molecule has 0 heterocycles. The van der Waals surface area contributed by atoms with Gasteiger partial charge in [0.05, 0.1) is 26.2 Å². The zero-order valence-corrected chi connectivity index (χ0v) is 24.0. The smallest absolute Gasteiger partial charge is 0.244 e. The van der Waals surface area contributed by atoms with Gasteiger partial charge in [-0.3, -0.25) is 13.9 Å². The van der Waals surface area contributed by atoms with Gasteiger partial charge in [0.25, 0.3) is 0 Å². The average Bonchev–Trinajstić information content (AvgIpc) is 3.37. The summed E-state index contributed by atoms with van der Waals surface area (Å²) in [6.07, 6.45) is 4.97. The first-order chi connectivity index (χ1) is 17.5. The van der Waals surface area contributed by atoms with E-state index in [1.165, 1.54) is 25.2 Å². The molecule has 1 fully saturated rings. The SMILES string of the molecule is COc1ccc(OC)c(N(CC(=O)N(Cc2cccc(Br)c2)C(C)C(=O)NC2CCCC2)S(C)(=O)=O)c1. The van der Waals surface area contributed by atoms with E-state index in [-0.39, 0.29) is 29.9 Å². The summed E-state index contributed by atoms with van der Waals surface area (Å²) in [7, 11) is -1.02. The number of hydrogen-bond donors (Lipinski definition) is 1. The van der Waals surface area contributed by atoms with Crippen molar-refractivity contribution in [2.24, 2.45) is 0 Å². The van der Waals surface area contributed by atoms with Gasteiger partial charge in [0.1, 0.15) is 24.1 Å². The normalized spacial score (nSPS) is 14.6. The standard InChI is InChI=1S/C26H34BrN3O6S/c1-18(26(32)28-21-10-5-6-11-21)29(16-19-8-7-9-20(27)14-19)25(31)17-30(37(4,33)34)23-15-22(35-2)12-13-24(23)36-3/h7-9,12-15,18,21H,5-6,10-11,16-17H2,1-4H3,(H,28,32). The third-order valence-corrected chi connectivity index (χ3v) is 8.06. The Balaban J connectivity index is 1.94. The average molecular weight is 597 g/mol. The van der Waals surface area contributed by atoms with Gasteiger partial charge in [0, 0.05) is 23.1 Å². The second-order valence-electron chi connectivity index (χ2n) is 9.12. The van der Waals surface area contributed by atoms with Gasteiger partial charge in [-0.1, -0.05) is 40.9 Å². The molecular weight excluding hydrogens is 562 g/mol. The summed E-state index contributed by atoms with van der Waals surface area (Å²) in [6, 6.07) is 11.4. The molecule has 1 unspecified atom stereocenters. The van der Waals surface area contributed by atoms with Crippen molar-refractivity contribution in [2.45, 2.75) is 51.2 Å². The third-order valence-electron chi connectivity index (χ3n) is 6.44. The number of amides is 2. The number of carbonyl (C=O) groups is 2. The van der Waals surface area contributed by atoms with E-state index in [1.54, 1.807) is 19.1 Å². The van der Waals surface area contributed by atoms with Gasteiger partial charge in [-0.15, -0.1) is 0 Å². The summed E-state index contributed by atoms with van der Waals surface area (Å²) in [5.41, 5.74) is 0.969. The molecule has 1 atom stereocenters. The number of anilines is 1. The highest BCUT2D eigenvalue weighted by Crippen LogP contribution is 2.34. The molecule has 11 heteroatoms. The summed E-state index contributed by atoms with van der Waals surface area (Å²) < 4.78 is 38.2. The predicted molar refractivity (Wildman–Crippen MR) is 146 cm³/mol. The molecule has 2 aromatic rings. The highest BCUT2D eigenvalue weighted by Gasteiger charge is 2.32. The molecule has 3 rings (SSSR count). The van der Waals surface area contributed by atoms with Crippen LogP contribution in [0.25, 0.3) is 0 Å². The molecular formula is C26H34BrN3O6S. The molecule has 37 heavy (non-hydrogen) atoms. The van der Waals surface area contributed by atoms with Gasteiger partial charge in [-0.2, -0.15) is 0 Å². The Morgan fingerprint density at radius 3 is 2.41 bits per heavy atom. The molecule has 1 saturated carbocycles. The fourth-order valence-corrected chi connectivity index (χ4v) is 5.68. The van der Waals surface area contributed by atoms with E-state index in [4.69, 9.17) is 9.47 Å². The first-order valence-corrected chi connectivity index (χ1v) is 14.7. The molecule has 0 spiro atoms. The fourth-order valence-electron chi connectivity index (χ4n) is 4.39. The highest BCUT2D eigenvalue weighted by molar-refractivity contribution is 9.10. The lowest BCUT2D eigenvalue weighted by molar-refractivity contribution is -0.139.